The van der Waals surface area contributed by atoms with Crippen LogP contribution in [0, 0.1) is 0 Å². The summed E-state index contributed by atoms with van der Waals surface area (Å²) in [5, 5.41) is 9.33. The first-order chi connectivity index (χ1) is 9.70. The molecule has 0 saturated carbocycles. The molecule has 2 aromatic carbocycles. The molecule has 0 aromatic heterocycles. The number of phenols is 1. The minimum atomic E-state index is -0.713. The molecular formula is C16H14O4. The van der Waals surface area contributed by atoms with Crippen LogP contribution in [0.1, 0.15) is 23.3 Å². The van der Waals surface area contributed by atoms with Gasteiger partial charge in [0.2, 0.25) is 5.78 Å². The van der Waals surface area contributed by atoms with Gasteiger partial charge in [0.15, 0.2) is 6.10 Å². The monoisotopic (exact) mass is 270 g/mol. The van der Waals surface area contributed by atoms with E-state index in [4.69, 9.17) is 9.47 Å². The molecule has 0 fully saturated rings. The summed E-state index contributed by atoms with van der Waals surface area (Å²) in [5.41, 5.74) is 1.44. The molecule has 0 aliphatic carbocycles. The fourth-order valence-corrected chi connectivity index (χ4v) is 2.40. The number of aromatic hydroxyl groups is 1. The summed E-state index contributed by atoms with van der Waals surface area (Å²) >= 11 is 0. The van der Waals surface area contributed by atoms with E-state index < -0.39 is 12.2 Å². The Labute approximate surface area is 116 Å². The van der Waals surface area contributed by atoms with E-state index in [1.807, 2.05) is 24.3 Å². The molecule has 4 nitrogen and oxygen atoms in total. The lowest BCUT2D eigenvalue weighted by atomic mass is 9.93. The Morgan fingerprint density at radius 3 is 2.50 bits per heavy atom. The maximum Gasteiger partial charge on any atom is 0.211 e. The molecule has 0 amide bonds. The van der Waals surface area contributed by atoms with Gasteiger partial charge < -0.3 is 14.6 Å². The van der Waals surface area contributed by atoms with E-state index in [0.29, 0.717) is 11.3 Å². The zero-order valence-electron chi connectivity index (χ0n) is 10.9. The summed E-state index contributed by atoms with van der Waals surface area (Å²) in [6, 6.07) is 13.8. The van der Waals surface area contributed by atoms with Crippen LogP contribution in [0.25, 0.3) is 0 Å². The lowest BCUT2D eigenvalue weighted by Crippen LogP contribution is -2.31. The number of benzene rings is 2. The molecule has 0 radical (unpaired) electrons. The van der Waals surface area contributed by atoms with Gasteiger partial charge in [-0.25, -0.2) is 0 Å². The molecule has 1 aliphatic rings. The number of Topliss-reactive ketones (excluding diaryl/α,β-unsaturated/α-hetero) is 1. The molecular weight excluding hydrogens is 256 g/mol. The minimum absolute atomic E-state index is 0.142. The highest BCUT2D eigenvalue weighted by molar-refractivity contribution is 5.91. The number of fused-ring (bicyclic) bond motifs is 1. The van der Waals surface area contributed by atoms with Crippen LogP contribution in [-0.4, -0.2) is 18.0 Å². The van der Waals surface area contributed by atoms with Gasteiger partial charge in [0, 0.05) is 18.2 Å². The second-order valence-electron chi connectivity index (χ2n) is 4.65. The Balaban J connectivity index is 2.03. The highest BCUT2D eigenvalue weighted by Gasteiger charge is 2.37. The molecule has 0 bridgehead atoms. The van der Waals surface area contributed by atoms with Gasteiger partial charge in [-0.05, 0) is 18.2 Å². The highest BCUT2D eigenvalue weighted by Crippen LogP contribution is 2.39. The molecule has 0 saturated heterocycles. The average molecular weight is 270 g/mol. The predicted octanol–water partition coefficient (Wildman–Crippen LogP) is 2.78. The van der Waals surface area contributed by atoms with Crippen molar-refractivity contribution in [3.05, 3.63) is 59.7 Å². The molecule has 0 spiro atoms. The largest absolute Gasteiger partial charge is 0.508 e. The fraction of sp³-hybridized carbons (Fsp3) is 0.188. The third-order valence-corrected chi connectivity index (χ3v) is 3.39. The predicted molar refractivity (Wildman–Crippen MR) is 72.7 cm³/mol. The van der Waals surface area contributed by atoms with Crippen molar-refractivity contribution in [3.8, 4) is 11.5 Å². The van der Waals surface area contributed by atoms with Gasteiger partial charge in [-0.2, -0.15) is 0 Å². The number of para-hydroxylation sites is 1. The lowest BCUT2D eigenvalue weighted by molar-refractivity contribution is -0.139. The Hall–Kier alpha value is -2.33. The second-order valence-corrected chi connectivity index (χ2v) is 4.65. The summed E-state index contributed by atoms with van der Waals surface area (Å²) in [5.74, 6) is 0.662. The topological polar surface area (TPSA) is 55.8 Å². The molecule has 102 valence electrons. The van der Waals surface area contributed by atoms with Crippen LogP contribution in [0.15, 0.2) is 48.5 Å². The molecule has 1 heterocycles. The molecule has 4 heteroatoms. The van der Waals surface area contributed by atoms with Crippen LogP contribution in [0.4, 0.5) is 0 Å². The summed E-state index contributed by atoms with van der Waals surface area (Å²) in [6.07, 6.45) is -1.34. The number of methoxy groups -OCH3 is 1. The van der Waals surface area contributed by atoms with E-state index in [1.165, 1.54) is 19.2 Å². The first-order valence-electron chi connectivity index (χ1n) is 6.31. The third kappa shape index (κ3) is 2.04. The van der Waals surface area contributed by atoms with Crippen LogP contribution in [-0.2, 0) is 9.53 Å². The van der Waals surface area contributed by atoms with E-state index in [1.54, 1.807) is 12.1 Å². The number of hydrogen-bond donors (Lipinski definition) is 1. The molecule has 1 aliphatic heterocycles. The first-order valence-corrected chi connectivity index (χ1v) is 6.31. The van der Waals surface area contributed by atoms with Crippen molar-refractivity contribution in [2.75, 3.05) is 7.11 Å². The smallest absolute Gasteiger partial charge is 0.211 e. The Kier molecular flexibility index (Phi) is 3.16. The van der Waals surface area contributed by atoms with Crippen molar-refractivity contribution in [3.63, 3.8) is 0 Å². The standard InChI is InChI=1S/C16H14O4/c1-19-16-12-4-2-3-5-13(12)20-15(14(16)18)10-6-8-11(17)9-7-10/h2-9,15-17H,1H3. The second kappa shape index (κ2) is 4.98. The molecule has 20 heavy (non-hydrogen) atoms. The van der Waals surface area contributed by atoms with Crippen LogP contribution in [0.2, 0.25) is 0 Å². The van der Waals surface area contributed by atoms with Crippen molar-refractivity contribution in [1.82, 2.24) is 0 Å². The SMILES string of the molecule is COC1C(=O)C(c2ccc(O)cc2)Oc2ccccc21. The van der Waals surface area contributed by atoms with E-state index in [-0.39, 0.29) is 11.5 Å². The summed E-state index contributed by atoms with van der Waals surface area (Å²) < 4.78 is 11.1. The maximum absolute atomic E-state index is 12.5. The number of rotatable bonds is 2. The van der Waals surface area contributed by atoms with Crippen molar-refractivity contribution in [2.45, 2.75) is 12.2 Å². The number of phenolic OH excluding ortho intramolecular Hbond substituents is 1. The van der Waals surface area contributed by atoms with Crippen LogP contribution < -0.4 is 4.74 Å². The fourth-order valence-electron chi connectivity index (χ4n) is 2.40. The number of ketones is 1. The zero-order chi connectivity index (χ0) is 14.1. The molecule has 1 N–H and O–H groups in total. The maximum atomic E-state index is 12.5. The van der Waals surface area contributed by atoms with Gasteiger partial charge in [-0.3, -0.25) is 4.79 Å². The van der Waals surface area contributed by atoms with Crippen LogP contribution in [0.5, 0.6) is 11.5 Å². The van der Waals surface area contributed by atoms with E-state index >= 15 is 0 Å². The average Bonchev–Trinajstić information content (AvgIpc) is 2.48. The van der Waals surface area contributed by atoms with Crippen molar-refractivity contribution in [2.24, 2.45) is 0 Å². The van der Waals surface area contributed by atoms with Crippen molar-refractivity contribution < 1.29 is 19.4 Å². The quantitative estimate of drug-likeness (QED) is 0.911. The Morgan fingerprint density at radius 2 is 1.80 bits per heavy atom. The van der Waals surface area contributed by atoms with Crippen molar-refractivity contribution in [1.29, 1.82) is 0 Å². The number of ether oxygens (including phenoxy) is 2. The summed E-state index contributed by atoms with van der Waals surface area (Å²) in [4.78, 5) is 12.5. The summed E-state index contributed by atoms with van der Waals surface area (Å²) in [7, 11) is 1.51. The van der Waals surface area contributed by atoms with Gasteiger partial charge in [0.05, 0.1) is 0 Å². The van der Waals surface area contributed by atoms with Gasteiger partial charge in [0.1, 0.15) is 17.6 Å². The van der Waals surface area contributed by atoms with Crippen molar-refractivity contribution >= 4 is 5.78 Å². The normalized spacial score (nSPS) is 21.1. The van der Waals surface area contributed by atoms with Gasteiger partial charge in [-0.1, -0.05) is 30.3 Å². The number of carbonyl (C=O) groups excluding carboxylic acids is 1. The molecule has 2 aromatic rings. The van der Waals surface area contributed by atoms with E-state index in [2.05, 4.69) is 0 Å². The molecule has 2 atom stereocenters. The van der Waals surface area contributed by atoms with Gasteiger partial charge in [-0.15, -0.1) is 0 Å². The molecule has 2 unspecified atom stereocenters. The van der Waals surface area contributed by atoms with Gasteiger partial charge >= 0.3 is 0 Å². The zero-order valence-corrected chi connectivity index (χ0v) is 10.9. The Bertz CT molecular complexity index is 633. The minimum Gasteiger partial charge on any atom is -0.508 e. The number of hydrogen-bond acceptors (Lipinski definition) is 4. The van der Waals surface area contributed by atoms with Gasteiger partial charge in [0.25, 0.3) is 0 Å². The van der Waals surface area contributed by atoms with Crippen LogP contribution in [0.3, 0.4) is 0 Å². The third-order valence-electron chi connectivity index (χ3n) is 3.39. The van der Waals surface area contributed by atoms with E-state index in [9.17, 15) is 9.90 Å². The highest BCUT2D eigenvalue weighted by atomic mass is 16.5. The first kappa shape index (κ1) is 12.7. The molecule has 3 rings (SSSR count). The Morgan fingerprint density at radius 1 is 1.10 bits per heavy atom. The lowest BCUT2D eigenvalue weighted by Gasteiger charge is -2.30. The number of carbonyl (C=O) groups is 1. The van der Waals surface area contributed by atoms with E-state index in [0.717, 1.165) is 5.56 Å². The van der Waals surface area contributed by atoms with Crippen LogP contribution >= 0.6 is 0 Å². The summed E-state index contributed by atoms with van der Waals surface area (Å²) in [6.45, 7) is 0.